The molecule has 0 radical (unpaired) electrons. The average Bonchev–Trinajstić information content (AvgIpc) is 2.37. The molecular formula is C17H27NO. The van der Waals surface area contributed by atoms with E-state index in [0.29, 0.717) is 12.0 Å². The van der Waals surface area contributed by atoms with E-state index in [-0.39, 0.29) is 6.10 Å². The predicted molar refractivity (Wildman–Crippen MR) is 80.9 cm³/mol. The smallest absolute Gasteiger partial charge is 0.120 e. The second-order valence-electron chi connectivity index (χ2n) is 5.94. The zero-order valence-electron chi connectivity index (χ0n) is 12.7. The molecule has 2 nitrogen and oxygen atoms in total. The third-order valence-electron chi connectivity index (χ3n) is 3.87. The molecule has 0 saturated carbocycles. The van der Waals surface area contributed by atoms with Crippen molar-refractivity contribution in [2.75, 3.05) is 6.54 Å². The molecule has 2 unspecified atom stereocenters. The lowest BCUT2D eigenvalue weighted by atomic mass is 9.81. The Balaban J connectivity index is 2.24. The molecule has 0 spiro atoms. The van der Waals surface area contributed by atoms with E-state index in [1.807, 2.05) is 0 Å². The molecule has 1 aliphatic rings. The van der Waals surface area contributed by atoms with Gasteiger partial charge in [-0.05, 0) is 68.8 Å². The molecule has 106 valence electrons. The number of hydrogen-bond acceptors (Lipinski definition) is 2. The molecule has 0 aromatic heterocycles. The molecule has 2 heteroatoms. The normalized spacial score (nSPS) is 22.4. The van der Waals surface area contributed by atoms with E-state index in [2.05, 4.69) is 51.2 Å². The molecule has 0 saturated heterocycles. The van der Waals surface area contributed by atoms with Crippen LogP contribution in [-0.2, 0) is 0 Å². The van der Waals surface area contributed by atoms with Gasteiger partial charge in [-0.2, -0.15) is 0 Å². The van der Waals surface area contributed by atoms with Crippen LogP contribution in [0.5, 0.6) is 5.75 Å². The molecule has 0 heterocycles. The third-order valence-corrected chi connectivity index (χ3v) is 3.87. The maximum Gasteiger partial charge on any atom is 0.120 e. The van der Waals surface area contributed by atoms with E-state index in [9.17, 15) is 0 Å². The number of rotatable bonds is 5. The van der Waals surface area contributed by atoms with E-state index in [1.165, 1.54) is 30.4 Å². The average molecular weight is 261 g/mol. The first-order valence-corrected chi connectivity index (χ1v) is 7.65. The largest absolute Gasteiger partial charge is 0.491 e. The monoisotopic (exact) mass is 261 g/mol. The van der Waals surface area contributed by atoms with Crippen LogP contribution in [0.4, 0.5) is 0 Å². The van der Waals surface area contributed by atoms with Gasteiger partial charge in [-0.1, -0.05) is 19.9 Å². The minimum atomic E-state index is 0.237. The molecule has 2 rings (SSSR count). The topological polar surface area (TPSA) is 21.3 Å². The predicted octanol–water partition coefficient (Wildman–Crippen LogP) is 4.41. The summed E-state index contributed by atoms with van der Waals surface area (Å²) in [5.74, 6) is 1.67. The van der Waals surface area contributed by atoms with Crippen molar-refractivity contribution >= 4 is 0 Å². The number of benzene rings is 1. The number of nitrogens with one attached hydrogen (secondary N) is 1. The van der Waals surface area contributed by atoms with Crippen LogP contribution in [-0.4, -0.2) is 12.6 Å². The molecule has 1 aromatic rings. The SMILES string of the molecule is CCCNC1CCC(C)c2ccc(OC(C)C)cc21. The van der Waals surface area contributed by atoms with Crippen LogP contribution >= 0.6 is 0 Å². The van der Waals surface area contributed by atoms with Crippen LogP contribution in [0.15, 0.2) is 18.2 Å². The van der Waals surface area contributed by atoms with Gasteiger partial charge in [-0.3, -0.25) is 0 Å². The molecule has 2 atom stereocenters. The summed E-state index contributed by atoms with van der Waals surface area (Å²) in [6.45, 7) is 9.80. The maximum atomic E-state index is 5.84. The Morgan fingerprint density at radius 2 is 2.05 bits per heavy atom. The van der Waals surface area contributed by atoms with Crippen molar-refractivity contribution in [2.24, 2.45) is 0 Å². The summed E-state index contributed by atoms with van der Waals surface area (Å²) in [4.78, 5) is 0. The van der Waals surface area contributed by atoms with Gasteiger partial charge in [0.15, 0.2) is 0 Å². The first kappa shape index (κ1) is 14.4. The van der Waals surface area contributed by atoms with Crippen LogP contribution < -0.4 is 10.1 Å². The molecule has 1 N–H and O–H groups in total. The van der Waals surface area contributed by atoms with E-state index < -0.39 is 0 Å². The first-order valence-electron chi connectivity index (χ1n) is 7.65. The summed E-state index contributed by atoms with van der Waals surface area (Å²) < 4.78 is 5.84. The van der Waals surface area contributed by atoms with Crippen molar-refractivity contribution in [3.63, 3.8) is 0 Å². The van der Waals surface area contributed by atoms with Gasteiger partial charge in [0.25, 0.3) is 0 Å². The molecule has 19 heavy (non-hydrogen) atoms. The highest BCUT2D eigenvalue weighted by atomic mass is 16.5. The highest BCUT2D eigenvalue weighted by molar-refractivity contribution is 5.41. The van der Waals surface area contributed by atoms with Crippen LogP contribution in [0.25, 0.3) is 0 Å². The molecule has 0 amide bonds. The van der Waals surface area contributed by atoms with Gasteiger partial charge in [0.2, 0.25) is 0 Å². The van der Waals surface area contributed by atoms with Crippen molar-refractivity contribution in [2.45, 2.75) is 65.0 Å². The van der Waals surface area contributed by atoms with E-state index in [4.69, 9.17) is 4.74 Å². The minimum Gasteiger partial charge on any atom is -0.491 e. The first-order chi connectivity index (χ1) is 9.11. The summed E-state index contributed by atoms with van der Waals surface area (Å²) in [6, 6.07) is 7.13. The van der Waals surface area contributed by atoms with Gasteiger partial charge in [0, 0.05) is 6.04 Å². The van der Waals surface area contributed by atoms with Crippen molar-refractivity contribution in [1.82, 2.24) is 5.32 Å². The van der Waals surface area contributed by atoms with E-state index in [0.717, 1.165) is 12.3 Å². The molecule has 0 fully saturated rings. The summed E-state index contributed by atoms with van der Waals surface area (Å²) in [7, 11) is 0. The standard InChI is InChI=1S/C17H27NO/c1-5-10-18-17-9-6-13(4)15-8-7-14(11-16(15)17)19-12(2)3/h7-8,11-13,17-18H,5-6,9-10H2,1-4H3. The Morgan fingerprint density at radius 1 is 1.26 bits per heavy atom. The van der Waals surface area contributed by atoms with Gasteiger partial charge >= 0.3 is 0 Å². The Bertz CT molecular complexity index is 414. The van der Waals surface area contributed by atoms with Crippen molar-refractivity contribution < 1.29 is 4.74 Å². The summed E-state index contributed by atoms with van der Waals surface area (Å²) in [5.41, 5.74) is 2.95. The molecule has 0 bridgehead atoms. The van der Waals surface area contributed by atoms with E-state index in [1.54, 1.807) is 0 Å². The fourth-order valence-electron chi connectivity index (χ4n) is 2.91. The summed E-state index contributed by atoms with van der Waals surface area (Å²) >= 11 is 0. The van der Waals surface area contributed by atoms with Gasteiger partial charge in [-0.25, -0.2) is 0 Å². The number of fused-ring (bicyclic) bond motifs is 1. The Morgan fingerprint density at radius 3 is 2.74 bits per heavy atom. The Labute approximate surface area is 117 Å². The van der Waals surface area contributed by atoms with Gasteiger partial charge < -0.3 is 10.1 Å². The fraction of sp³-hybridized carbons (Fsp3) is 0.647. The second-order valence-corrected chi connectivity index (χ2v) is 5.94. The Kier molecular flexibility index (Phi) is 4.87. The maximum absolute atomic E-state index is 5.84. The lowest BCUT2D eigenvalue weighted by molar-refractivity contribution is 0.241. The van der Waals surface area contributed by atoms with Crippen LogP contribution in [0.1, 0.15) is 70.0 Å². The molecular weight excluding hydrogens is 234 g/mol. The molecule has 1 aliphatic carbocycles. The van der Waals surface area contributed by atoms with Crippen LogP contribution in [0.3, 0.4) is 0 Å². The van der Waals surface area contributed by atoms with Gasteiger partial charge in [0.05, 0.1) is 6.10 Å². The summed E-state index contributed by atoms with van der Waals surface area (Å²) in [5, 5.41) is 3.67. The fourth-order valence-corrected chi connectivity index (χ4v) is 2.91. The van der Waals surface area contributed by atoms with E-state index >= 15 is 0 Å². The number of hydrogen-bond donors (Lipinski definition) is 1. The quantitative estimate of drug-likeness (QED) is 0.847. The van der Waals surface area contributed by atoms with Crippen LogP contribution in [0.2, 0.25) is 0 Å². The third kappa shape index (κ3) is 3.50. The molecule has 1 aromatic carbocycles. The minimum absolute atomic E-state index is 0.237. The highest BCUT2D eigenvalue weighted by Gasteiger charge is 2.24. The zero-order valence-corrected chi connectivity index (χ0v) is 12.7. The van der Waals surface area contributed by atoms with Crippen molar-refractivity contribution in [1.29, 1.82) is 0 Å². The van der Waals surface area contributed by atoms with Crippen molar-refractivity contribution in [3.05, 3.63) is 29.3 Å². The second kappa shape index (κ2) is 6.42. The van der Waals surface area contributed by atoms with Crippen molar-refractivity contribution in [3.8, 4) is 5.75 Å². The zero-order chi connectivity index (χ0) is 13.8. The van der Waals surface area contributed by atoms with Gasteiger partial charge in [-0.15, -0.1) is 0 Å². The molecule has 0 aliphatic heterocycles. The Hall–Kier alpha value is -1.02. The highest BCUT2D eigenvalue weighted by Crippen LogP contribution is 2.39. The van der Waals surface area contributed by atoms with Crippen LogP contribution in [0, 0.1) is 0 Å². The number of ether oxygens (including phenoxy) is 1. The lowest BCUT2D eigenvalue weighted by Crippen LogP contribution is -2.27. The summed E-state index contributed by atoms with van der Waals surface area (Å²) in [6.07, 6.45) is 3.93. The van der Waals surface area contributed by atoms with Gasteiger partial charge in [0.1, 0.15) is 5.75 Å². The lowest BCUT2D eigenvalue weighted by Gasteiger charge is -2.31.